The average molecular weight is 268 g/mol. The van der Waals surface area contributed by atoms with Gasteiger partial charge in [0.05, 0.1) is 0 Å². The van der Waals surface area contributed by atoms with Gasteiger partial charge in [0.1, 0.15) is 0 Å². The molecule has 0 atom stereocenters. The van der Waals surface area contributed by atoms with Gasteiger partial charge in [0.15, 0.2) is 0 Å². The number of rotatable bonds is 9. The van der Waals surface area contributed by atoms with E-state index in [1.165, 1.54) is 32.1 Å². The molecule has 0 unspecified atom stereocenters. The van der Waals surface area contributed by atoms with Crippen LogP contribution < -0.4 is 11.1 Å². The molecule has 1 saturated carbocycles. The number of carbonyl (C=O) groups is 1. The van der Waals surface area contributed by atoms with Crippen molar-refractivity contribution in [1.29, 1.82) is 0 Å². The number of hydrogen-bond donors (Lipinski definition) is 2. The van der Waals surface area contributed by atoms with Gasteiger partial charge in [0.25, 0.3) is 0 Å². The van der Waals surface area contributed by atoms with Crippen LogP contribution in [-0.4, -0.2) is 19.0 Å². The SMILES string of the molecule is CCCCC1CCC(C(=O)NCCCCCN)CC1. The highest BCUT2D eigenvalue weighted by Crippen LogP contribution is 2.31. The highest BCUT2D eigenvalue weighted by Gasteiger charge is 2.25. The van der Waals surface area contributed by atoms with E-state index in [2.05, 4.69) is 12.2 Å². The summed E-state index contributed by atoms with van der Waals surface area (Å²) in [6, 6.07) is 0. The molecule has 0 bridgehead atoms. The highest BCUT2D eigenvalue weighted by molar-refractivity contribution is 5.78. The van der Waals surface area contributed by atoms with Gasteiger partial charge in [-0.3, -0.25) is 4.79 Å². The van der Waals surface area contributed by atoms with Crippen molar-refractivity contribution in [3.8, 4) is 0 Å². The molecular weight excluding hydrogens is 236 g/mol. The van der Waals surface area contributed by atoms with Gasteiger partial charge < -0.3 is 11.1 Å². The number of nitrogens with one attached hydrogen (secondary N) is 1. The van der Waals surface area contributed by atoms with E-state index in [9.17, 15) is 4.79 Å². The number of amides is 1. The Morgan fingerprint density at radius 1 is 1.11 bits per heavy atom. The second-order valence-electron chi connectivity index (χ2n) is 6.00. The van der Waals surface area contributed by atoms with Gasteiger partial charge in [-0.1, -0.05) is 32.6 Å². The maximum absolute atomic E-state index is 12.0. The Bertz CT molecular complexity index is 235. The number of unbranched alkanes of at least 4 members (excludes halogenated alkanes) is 3. The first-order chi connectivity index (χ1) is 9.27. The number of hydrogen-bond acceptors (Lipinski definition) is 2. The fourth-order valence-corrected chi connectivity index (χ4v) is 3.01. The Morgan fingerprint density at radius 3 is 2.47 bits per heavy atom. The fraction of sp³-hybridized carbons (Fsp3) is 0.938. The summed E-state index contributed by atoms with van der Waals surface area (Å²) in [5, 5.41) is 3.09. The van der Waals surface area contributed by atoms with Gasteiger partial charge in [-0.25, -0.2) is 0 Å². The van der Waals surface area contributed by atoms with E-state index >= 15 is 0 Å². The van der Waals surface area contributed by atoms with E-state index in [1.807, 2.05) is 0 Å². The largest absolute Gasteiger partial charge is 0.356 e. The van der Waals surface area contributed by atoms with Gasteiger partial charge in [-0.2, -0.15) is 0 Å². The van der Waals surface area contributed by atoms with E-state index in [1.54, 1.807) is 0 Å². The molecule has 0 aromatic heterocycles. The molecule has 1 amide bonds. The van der Waals surface area contributed by atoms with Crippen LogP contribution in [0.25, 0.3) is 0 Å². The van der Waals surface area contributed by atoms with Gasteiger partial charge >= 0.3 is 0 Å². The quantitative estimate of drug-likeness (QED) is 0.631. The molecular formula is C16H32N2O. The maximum atomic E-state index is 12.0. The lowest BCUT2D eigenvalue weighted by molar-refractivity contribution is -0.126. The number of carbonyl (C=O) groups excluding carboxylic acids is 1. The van der Waals surface area contributed by atoms with E-state index < -0.39 is 0 Å². The zero-order chi connectivity index (χ0) is 13.9. The summed E-state index contributed by atoms with van der Waals surface area (Å²) in [6.45, 7) is 3.84. The average Bonchev–Trinajstić information content (AvgIpc) is 2.45. The summed E-state index contributed by atoms with van der Waals surface area (Å²) in [7, 11) is 0. The van der Waals surface area contributed by atoms with Crippen molar-refractivity contribution >= 4 is 5.91 Å². The van der Waals surface area contributed by atoms with Crippen molar-refractivity contribution in [2.75, 3.05) is 13.1 Å². The first-order valence-corrected chi connectivity index (χ1v) is 8.25. The monoisotopic (exact) mass is 268 g/mol. The Labute approximate surface area is 118 Å². The van der Waals surface area contributed by atoms with Crippen molar-refractivity contribution < 1.29 is 4.79 Å². The van der Waals surface area contributed by atoms with E-state index in [4.69, 9.17) is 5.73 Å². The lowest BCUT2D eigenvalue weighted by Gasteiger charge is -2.27. The van der Waals surface area contributed by atoms with Crippen LogP contribution in [0.1, 0.15) is 71.1 Å². The molecule has 3 nitrogen and oxygen atoms in total. The molecule has 19 heavy (non-hydrogen) atoms. The third-order valence-electron chi connectivity index (χ3n) is 4.36. The molecule has 0 saturated heterocycles. The highest BCUT2D eigenvalue weighted by atomic mass is 16.1. The topological polar surface area (TPSA) is 55.1 Å². The first kappa shape index (κ1) is 16.5. The van der Waals surface area contributed by atoms with Gasteiger partial charge in [-0.05, 0) is 51.0 Å². The van der Waals surface area contributed by atoms with Gasteiger partial charge in [-0.15, -0.1) is 0 Å². The zero-order valence-corrected chi connectivity index (χ0v) is 12.6. The minimum absolute atomic E-state index is 0.285. The molecule has 3 N–H and O–H groups in total. The lowest BCUT2D eigenvalue weighted by atomic mass is 9.79. The Kier molecular flexibility index (Phi) is 8.89. The summed E-state index contributed by atoms with van der Waals surface area (Å²) in [5.41, 5.74) is 5.45. The minimum Gasteiger partial charge on any atom is -0.356 e. The maximum Gasteiger partial charge on any atom is 0.223 e. The molecule has 112 valence electrons. The van der Waals surface area contributed by atoms with Crippen LogP contribution >= 0.6 is 0 Å². The molecule has 1 aliphatic rings. The van der Waals surface area contributed by atoms with Crippen LogP contribution in [0.3, 0.4) is 0 Å². The smallest absolute Gasteiger partial charge is 0.223 e. The van der Waals surface area contributed by atoms with Crippen LogP contribution in [0.4, 0.5) is 0 Å². The van der Waals surface area contributed by atoms with Crippen LogP contribution in [-0.2, 0) is 4.79 Å². The first-order valence-electron chi connectivity index (χ1n) is 8.25. The summed E-state index contributed by atoms with van der Waals surface area (Å²) in [5.74, 6) is 1.46. The molecule has 0 aliphatic heterocycles. The van der Waals surface area contributed by atoms with Gasteiger partial charge in [0.2, 0.25) is 5.91 Å². The van der Waals surface area contributed by atoms with E-state index in [0.717, 1.165) is 51.1 Å². The van der Waals surface area contributed by atoms with Crippen molar-refractivity contribution in [1.82, 2.24) is 5.32 Å². The lowest BCUT2D eigenvalue weighted by Crippen LogP contribution is -2.33. The van der Waals surface area contributed by atoms with Crippen LogP contribution in [0, 0.1) is 11.8 Å². The second-order valence-corrected chi connectivity index (χ2v) is 6.00. The van der Waals surface area contributed by atoms with E-state index in [0.29, 0.717) is 5.91 Å². The van der Waals surface area contributed by atoms with Crippen molar-refractivity contribution in [2.24, 2.45) is 17.6 Å². The summed E-state index contributed by atoms with van der Waals surface area (Å²) >= 11 is 0. The summed E-state index contributed by atoms with van der Waals surface area (Å²) < 4.78 is 0. The Hall–Kier alpha value is -0.570. The fourth-order valence-electron chi connectivity index (χ4n) is 3.01. The predicted octanol–water partition coefficient (Wildman–Crippen LogP) is 3.23. The van der Waals surface area contributed by atoms with Crippen molar-refractivity contribution in [3.05, 3.63) is 0 Å². The summed E-state index contributed by atoms with van der Waals surface area (Å²) in [4.78, 5) is 12.0. The zero-order valence-electron chi connectivity index (χ0n) is 12.6. The van der Waals surface area contributed by atoms with Crippen LogP contribution in [0.2, 0.25) is 0 Å². The molecule has 0 aromatic carbocycles. The standard InChI is InChI=1S/C16H32N2O/c1-2-3-7-14-8-10-15(11-9-14)16(19)18-13-6-4-5-12-17/h14-15H,2-13,17H2,1H3,(H,18,19). The van der Waals surface area contributed by atoms with E-state index in [-0.39, 0.29) is 5.92 Å². The number of nitrogens with two attached hydrogens (primary N) is 1. The molecule has 0 aromatic rings. The molecule has 1 fully saturated rings. The molecule has 0 radical (unpaired) electrons. The molecule has 1 rings (SSSR count). The summed E-state index contributed by atoms with van der Waals surface area (Å²) in [6.07, 6.45) is 12.0. The van der Waals surface area contributed by atoms with Gasteiger partial charge in [0, 0.05) is 12.5 Å². The second kappa shape index (κ2) is 10.2. The third-order valence-corrected chi connectivity index (χ3v) is 4.36. The van der Waals surface area contributed by atoms with Crippen molar-refractivity contribution in [3.63, 3.8) is 0 Å². The van der Waals surface area contributed by atoms with Crippen LogP contribution in [0.5, 0.6) is 0 Å². The molecule has 1 aliphatic carbocycles. The van der Waals surface area contributed by atoms with Crippen LogP contribution in [0.15, 0.2) is 0 Å². The molecule has 3 heteroatoms. The third kappa shape index (κ3) is 6.95. The predicted molar refractivity (Wildman–Crippen MR) is 80.9 cm³/mol. The molecule has 0 heterocycles. The Morgan fingerprint density at radius 2 is 1.84 bits per heavy atom. The van der Waals surface area contributed by atoms with Crippen molar-refractivity contribution in [2.45, 2.75) is 71.1 Å². The molecule has 0 spiro atoms. The minimum atomic E-state index is 0.285. The Balaban J connectivity index is 2.07. The normalized spacial score (nSPS) is 23.3.